The standard InChI is InChI=1S/C17H14N2O2S/c1-21-14-9-7-12(8-10-14)11-15-16(20)19(17(22)18-15)13-5-3-2-4-6-13/h2-11H,1H3,(H,18,22)/b15-11+. The number of hydrogen-bond donors (Lipinski definition) is 1. The maximum absolute atomic E-state index is 12.5. The highest BCUT2D eigenvalue weighted by Gasteiger charge is 2.31. The van der Waals surface area contributed by atoms with E-state index in [9.17, 15) is 4.79 Å². The molecular weight excluding hydrogens is 296 g/mol. The van der Waals surface area contributed by atoms with Gasteiger partial charge in [0.05, 0.1) is 12.8 Å². The first-order valence-electron chi connectivity index (χ1n) is 6.75. The number of anilines is 1. The normalized spacial score (nSPS) is 16.0. The Morgan fingerprint density at radius 1 is 1.09 bits per heavy atom. The van der Waals surface area contributed by atoms with Crippen molar-refractivity contribution in [3.8, 4) is 5.75 Å². The highest BCUT2D eigenvalue weighted by molar-refractivity contribution is 7.80. The summed E-state index contributed by atoms with van der Waals surface area (Å²) in [6, 6.07) is 16.8. The van der Waals surface area contributed by atoms with E-state index in [1.807, 2.05) is 54.6 Å². The highest BCUT2D eigenvalue weighted by atomic mass is 32.1. The van der Waals surface area contributed by atoms with Crippen LogP contribution >= 0.6 is 12.2 Å². The summed E-state index contributed by atoms with van der Waals surface area (Å²) in [5.74, 6) is 0.612. The fraction of sp³-hybridized carbons (Fsp3) is 0.0588. The van der Waals surface area contributed by atoms with Crippen molar-refractivity contribution in [3.63, 3.8) is 0 Å². The molecule has 2 aromatic rings. The maximum atomic E-state index is 12.5. The molecule has 1 aliphatic rings. The number of rotatable bonds is 3. The van der Waals surface area contributed by atoms with Crippen molar-refractivity contribution in [2.45, 2.75) is 0 Å². The molecule has 2 aromatic carbocycles. The molecule has 1 heterocycles. The average Bonchev–Trinajstić information content (AvgIpc) is 2.83. The smallest absolute Gasteiger partial charge is 0.281 e. The molecule has 0 saturated carbocycles. The Labute approximate surface area is 134 Å². The third-order valence-electron chi connectivity index (χ3n) is 3.32. The number of amides is 1. The van der Waals surface area contributed by atoms with Gasteiger partial charge in [-0.25, -0.2) is 0 Å². The summed E-state index contributed by atoms with van der Waals surface area (Å²) >= 11 is 5.27. The Morgan fingerprint density at radius 2 is 1.77 bits per heavy atom. The molecule has 0 unspecified atom stereocenters. The molecule has 110 valence electrons. The predicted molar refractivity (Wildman–Crippen MR) is 90.6 cm³/mol. The van der Waals surface area contributed by atoms with Crippen LogP contribution in [0.15, 0.2) is 60.3 Å². The molecule has 0 aromatic heterocycles. The molecule has 1 saturated heterocycles. The van der Waals surface area contributed by atoms with E-state index in [4.69, 9.17) is 17.0 Å². The molecule has 1 aliphatic heterocycles. The number of carbonyl (C=O) groups is 1. The van der Waals surface area contributed by atoms with E-state index in [2.05, 4.69) is 5.32 Å². The van der Waals surface area contributed by atoms with Crippen molar-refractivity contribution >= 4 is 35.0 Å². The zero-order valence-corrected chi connectivity index (χ0v) is 12.8. The van der Waals surface area contributed by atoms with Crippen LogP contribution in [0.1, 0.15) is 5.56 Å². The molecule has 0 spiro atoms. The lowest BCUT2D eigenvalue weighted by Crippen LogP contribution is -2.30. The third-order valence-corrected chi connectivity index (χ3v) is 3.60. The van der Waals surface area contributed by atoms with Gasteiger partial charge in [0.15, 0.2) is 5.11 Å². The Balaban J connectivity index is 1.88. The van der Waals surface area contributed by atoms with E-state index in [-0.39, 0.29) is 5.91 Å². The first-order chi connectivity index (χ1) is 10.7. The van der Waals surface area contributed by atoms with Crippen LogP contribution in [0.5, 0.6) is 5.75 Å². The van der Waals surface area contributed by atoms with Crippen molar-refractivity contribution in [3.05, 3.63) is 65.9 Å². The summed E-state index contributed by atoms with van der Waals surface area (Å²) < 4.78 is 5.12. The van der Waals surface area contributed by atoms with Crippen molar-refractivity contribution < 1.29 is 9.53 Å². The number of nitrogens with one attached hydrogen (secondary N) is 1. The number of benzene rings is 2. The zero-order valence-electron chi connectivity index (χ0n) is 11.9. The van der Waals surface area contributed by atoms with Crippen LogP contribution in [0.2, 0.25) is 0 Å². The van der Waals surface area contributed by atoms with E-state index < -0.39 is 0 Å². The van der Waals surface area contributed by atoms with Gasteiger partial charge in [0.1, 0.15) is 11.4 Å². The number of nitrogens with zero attached hydrogens (tertiary/aromatic N) is 1. The second-order valence-corrected chi connectivity index (χ2v) is 5.12. The minimum Gasteiger partial charge on any atom is -0.497 e. The molecule has 0 radical (unpaired) electrons. The summed E-state index contributed by atoms with van der Waals surface area (Å²) in [6.45, 7) is 0. The second kappa shape index (κ2) is 5.99. The van der Waals surface area contributed by atoms with E-state index in [1.54, 1.807) is 13.2 Å². The molecule has 0 atom stereocenters. The quantitative estimate of drug-likeness (QED) is 0.699. The molecular formula is C17H14N2O2S. The van der Waals surface area contributed by atoms with Crippen molar-refractivity contribution in [2.24, 2.45) is 0 Å². The van der Waals surface area contributed by atoms with Gasteiger partial charge in [0.25, 0.3) is 5.91 Å². The topological polar surface area (TPSA) is 41.6 Å². The third kappa shape index (κ3) is 2.71. The van der Waals surface area contributed by atoms with Crippen molar-refractivity contribution in [2.75, 3.05) is 12.0 Å². The molecule has 4 nitrogen and oxygen atoms in total. The molecule has 5 heteroatoms. The van der Waals surface area contributed by atoms with E-state index in [1.165, 1.54) is 4.90 Å². The van der Waals surface area contributed by atoms with Gasteiger partial charge in [-0.05, 0) is 48.1 Å². The van der Waals surface area contributed by atoms with Gasteiger partial charge in [-0.1, -0.05) is 30.3 Å². The zero-order chi connectivity index (χ0) is 15.5. The SMILES string of the molecule is COc1ccc(/C=C2/NC(=S)N(c3ccccc3)C2=O)cc1. The van der Waals surface area contributed by atoms with Crippen LogP contribution in [0.25, 0.3) is 6.08 Å². The minimum atomic E-state index is -0.160. The molecule has 1 fully saturated rings. The van der Waals surface area contributed by atoms with Crippen LogP contribution < -0.4 is 15.0 Å². The minimum absolute atomic E-state index is 0.160. The van der Waals surface area contributed by atoms with Crippen molar-refractivity contribution in [1.82, 2.24) is 5.32 Å². The maximum Gasteiger partial charge on any atom is 0.281 e. The van der Waals surface area contributed by atoms with Crippen LogP contribution in [-0.4, -0.2) is 18.1 Å². The number of ether oxygens (including phenoxy) is 1. The molecule has 0 aliphatic carbocycles. The van der Waals surface area contributed by atoms with Crippen LogP contribution in [0.3, 0.4) is 0 Å². The molecule has 1 N–H and O–H groups in total. The Morgan fingerprint density at radius 3 is 2.41 bits per heavy atom. The van der Waals surface area contributed by atoms with E-state index in [0.29, 0.717) is 10.8 Å². The number of carbonyl (C=O) groups excluding carboxylic acids is 1. The number of para-hydroxylation sites is 1. The predicted octanol–water partition coefficient (Wildman–Crippen LogP) is 2.96. The van der Waals surface area contributed by atoms with Gasteiger partial charge in [-0.2, -0.15) is 0 Å². The lowest BCUT2D eigenvalue weighted by Gasteiger charge is -2.13. The van der Waals surface area contributed by atoms with Crippen LogP contribution in [-0.2, 0) is 4.79 Å². The number of methoxy groups -OCH3 is 1. The lowest BCUT2D eigenvalue weighted by molar-refractivity contribution is -0.113. The number of thiocarbonyl (C=S) groups is 1. The Hall–Kier alpha value is -2.66. The summed E-state index contributed by atoms with van der Waals surface area (Å²) in [4.78, 5) is 14.0. The summed E-state index contributed by atoms with van der Waals surface area (Å²) in [5, 5.41) is 3.35. The van der Waals surface area contributed by atoms with E-state index >= 15 is 0 Å². The first-order valence-corrected chi connectivity index (χ1v) is 7.16. The lowest BCUT2D eigenvalue weighted by atomic mass is 10.2. The van der Waals surface area contributed by atoms with E-state index in [0.717, 1.165) is 17.0 Å². The largest absolute Gasteiger partial charge is 0.497 e. The van der Waals surface area contributed by atoms with Crippen LogP contribution in [0.4, 0.5) is 5.69 Å². The highest BCUT2D eigenvalue weighted by Crippen LogP contribution is 2.22. The van der Waals surface area contributed by atoms with Gasteiger partial charge in [0, 0.05) is 0 Å². The van der Waals surface area contributed by atoms with Gasteiger partial charge in [0.2, 0.25) is 0 Å². The number of hydrogen-bond acceptors (Lipinski definition) is 3. The molecule has 0 bridgehead atoms. The summed E-state index contributed by atoms with van der Waals surface area (Å²) in [6.07, 6.45) is 1.77. The summed E-state index contributed by atoms with van der Waals surface area (Å²) in [7, 11) is 1.62. The fourth-order valence-corrected chi connectivity index (χ4v) is 2.51. The van der Waals surface area contributed by atoms with Gasteiger partial charge >= 0.3 is 0 Å². The first kappa shape index (κ1) is 14.3. The van der Waals surface area contributed by atoms with Crippen LogP contribution in [0, 0.1) is 0 Å². The van der Waals surface area contributed by atoms with Gasteiger partial charge in [-0.15, -0.1) is 0 Å². The fourth-order valence-electron chi connectivity index (χ4n) is 2.21. The molecule has 1 amide bonds. The molecule has 22 heavy (non-hydrogen) atoms. The Bertz CT molecular complexity index is 739. The average molecular weight is 310 g/mol. The van der Waals surface area contributed by atoms with Gasteiger partial charge < -0.3 is 10.1 Å². The molecule has 3 rings (SSSR count). The monoisotopic (exact) mass is 310 g/mol. The Kier molecular flexibility index (Phi) is 3.89. The second-order valence-electron chi connectivity index (χ2n) is 4.74. The van der Waals surface area contributed by atoms with Crippen molar-refractivity contribution in [1.29, 1.82) is 0 Å². The summed E-state index contributed by atoms with van der Waals surface area (Å²) in [5.41, 5.74) is 2.11. The van der Waals surface area contributed by atoms with Gasteiger partial charge in [-0.3, -0.25) is 9.69 Å².